The van der Waals surface area contributed by atoms with Crippen LogP contribution >= 0.6 is 0 Å². The fraction of sp³-hybridized carbons (Fsp3) is 0.812. The van der Waals surface area contributed by atoms with Crippen LogP contribution in [-0.2, 0) is 13.0 Å². The summed E-state index contributed by atoms with van der Waals surface area (Å²) in [7, 11) is 2.08. The van der Waals surface area contributed by atoms with Crippen molar-refractivity contribution < 1.29 is 0 Å². The SMILES string of the molecule is CCCn1ccnc1CC1CC(C)CCC1CNC. The molecule has 1 fully saturated rings. The number of rotatable bonds is 6. The van der Waals surface area contributed by atoms with Crippen molar-refractivity contribution in [3.63, 3.8) is 0 Å². The lowest BCUT2D eigenvalue weighted by molar-refractivity contribution is 0.182. The van der Waals surface area contributed by atoms with Gasteiger partial charge in [-0.3, -0.25) is 0 Å². The Morgan fingerprint density at radius 1 is 1.37 bits per heavy atom. The molecule has 0 bridgehead atoms. The molecular formula is C16H29N3. The van der Waals surface area contributed by atoms with Crippen LogP contribution < -0.4 is 5.32 Å². The van der Waals surface area contributed by atoms with Crippen LogP contribution in [0.2, 0.25) is 0 Å². The number of aryl methyl sites for hydroxylation is 1. The van der Waals surface area contributed by atoms with Crippen LogP contribution in [0.4, 0.5) is 0 Å². The second kappa shape index (κ2) is 7.09. The molecule has 3 unspecified atom stereocenters. The van der Waals surface area contributed by atoms with E-state index < -0.39 is 0 Å². The number of hydrogen-bond acceptors (Lipinski definition) is 2. The average Bonchev–Trinajstić information content (AvgIpc) is 2.81. The Morgan fingerprint density at radius 2 is 2.21 bits per heavy atom. The molecule has 1 heterocycles. The van der Waals surface area contributed by atoms with Gasteiger partial charge in [-0.05, 0) is 50.6 Å². The third kappa shape index (κ3) is 3.82. The van der Waals surface area contributed by atoms with Crippen LogP contribution in [0.25, 0.3) is 0 Å². The Morgan fingerprint density at radius 3 is 2.95 bits per heavy atom. The molecule has 3 atom stereocenters. The van der Waals surface area contributed by atoms with E-state index in [0.29, 0.717) is 0 Å². The fourth-order valence-corrected chi connectivity index (χ4v) is 3.55. The van der Waals surface area contributed by atoms with E-state index in [1.54, 1.807) is 0 Å². The van der Waals surface area contributed by atoms with Crippen molar-refractivity contribution >= 4 is 0 Å². The highest BCUT2D eigenvalue weighted by Gasteiger charge is 2.29. The first-order chi connectivity index (χ1) is 9.24. The number of nitrogens with zero attached hydrogens (tertiary/aromatic N) is 2. The van der Waals surface area contributed by atoms with E-state index in [0.717, 1.165) is 37.3 Å². The van der Waals surface area contributed by atoms with Crippen LogP contribution in [0.5, 0.6) is 0 Å². The van der Waals surface area contributed by atoms with E-state index in [1.807, 2.05) is 6.20 Å². The minimum atomic E-state index is 0.800. The molecule has 19 heavy (non-hydrogen) atoms. The third-order valence-corrected chi connectivity index (χ3v) is 4.58. The van der Waals surface area contributed by atoms with Gasteiger partial charge in [0.1, 0.15) is 5.82 Å². The molecule has 1 N–H and O–H groups in total. The van der Waals surface area contributed by atoms with Gasteiger partial charge >= 0.3 is 0 Å². The van der Waals surface area contributed by atoms with Crippen LogP contribution in [0.15, 0.2) is 12.4 Å². The Labute approximate surface area is 117 Å². The fourth-order valence-electron chi connectivity index (χ4n) is 3.55. The zero-order valence-corrected chi connectivity index (χ0v) is 12.7. The quantitative estimate of drug-likeness (QED) is 0.854. The van der Waals surface area contributed by atoms with Crippen molar-refractivity contribution in [1.29, 1.82) is 0 Å². The molecule has 0 aromatic carbocycles. The van der Waals surface area contributed by atoms with Gasteiger partial charge in [0.05, 0.1) is 0 Å². The lowest BCUT2D eigenvalue weighted by Gasteiger charge is -2.35. The molecule has 0 saturated heterocycles. The standard InChI is InChI=1S/C16H29N3/c1-4-8-19-9-7-18-16(19)11-15-10-13(2)5-6-14(15)12-17-3/h7,9,13-15,17H,4-6,8,10-12H2,1-3H3. The van der Waals surface area contributed by atoms with Gasteiger partial charge in [0, 0.05) is 25.4 Å². The predicted molar refractivity (Wildman–Crippen MR) is 80.1 cm³/mol. The van der Waals surface area contributed by atoms with Crippen molar-refractivity contribution in [2.24, 2.45) is 17.8 Å². The second-order valence-corrected chi connectivity index (χ2v) is 6.24. The molecule has 3 nitrogen and oxygen atoms in total. The summed E-state index contributed by atoms with van der Waals surface area (Å²) in [5, 5.41) is 3.37. The Kier molecular flexibility index (Phi) is 5.44. The van der Waals surface area contributed by atoms with Crippen LogP contribution in [-0.4, -0.2) is 23.1 Å². The molecule has 3 heteroatoms. The lowest BCUT2D eigenvalue weighted by atomic mass is 9.73. The monoisotopic (exact) mass is 263 g/mol. The van der Waals surface area contributed by atoms with Gasteiger partial charge in [-0.2, -0.15) is 0 Å². The molecule has 2 rings (SSSR count). The Bertz CT molecular complexity index is 372. The summed E-state index contributed by atoms with van der Waals surface area (Å²) in [5.74, 6) is 3.80. The number of hydrogen-bond donors (Lipinski definition) is 1. The highest BCUT2D eigenvalue weighted by Crippen LogP contribution is 2.35. The van der Waals surface area contributed by atoms with E-state index in [1.165, 1.54) is 31.5 Å². The maximum atomic E-state index is 4.59. The normalized spacial score (nSPS) is 27.6. The van der Waals surface area contributed by atoms with Crippen LogP contribution in [0.3, 0.4) is 0 Å². The topological polar surface area (TPSA) is 29.9 Å². The molecule has 0 spiro atoms. The van der Waals surface area contributed by atoms with E-state index in [2.05, 4.69) is 42.0 Å². The number of imidazole rings is 1. The van der Waals surface area contributed by atoms with Crippen molar-refractivity contribution in [3.8, 4) is 0 Å². The summed E-state index contributed by atoms with van der Waals surface area (Å²) < 4.78 is 2.34. The third-order valence-electron chi connectivity index (χ3n) is 4.58. The predicted octanol–water partition coefficient (Wildman–Crippen LogP) is 3.11. The molecule has 108 valence electrons. The minimum Gasteiger partial charge on any atom is -0.335 e. The molecule has 0 amide bonds. The number of nitrogens with one attached hydrogen (secondary N) is 1. The van der Waals surface area contributed by atoms with Gasteiger partial charge in [0.2, 0.25) is 0 Å². The summed E-state index contributed by atoms with van der Waals surface area (Å²) >= 11 is 0. The highest BCUT2D eigenvalue weighted by atomic mass is 15.1. The van der Waals surface area contributed by atoms with Crippen LogP contribution in [0, 0.1) is 17.8 Å². The van der Waals surface area contributed by atoms with Crippen LogP contribution in [0.1, 0.15) is 45.4 Å². The van der Waals surface area contributed by atoms with Gasteiger partial charge in [-0.15, -0.1) is 0 Å². The van der Waals surface area contributed by atoms with Crippen molar-refractivity contribution in [2.75, 3.05) is 13.6 Å². The molecule has 1 aromatic heterocycles. The zero-order valence-electron chi connectivity index (χ0n) is 12.7. The van der Waals surface area contributed by atoms with E-state index in [9.17, 15) is 0 Å². The molecule has 0 aliphatic heterocycles. The smallest absolute Gasteiger partial charge is 0.108 e. The van der Waals surface area contributed by atoms with Crippen molar-refractivity contribution in [3.05, 3.63) is 18.2 Å². The first-order valence-electron chi connectivity index (χ1n) is 7.89. The maximum Gasteiger partial charge on any atom is 0.108 e. The Balaban J connectivity index is 2.03. The summed E-state index contributed by atoms with van der Waals surface area (Å²) in [4.78, 5) is 4.59. The average molecular weight is 263 g/mol. The van der Waals surface area contributed by atoms with Gasteiger partial charge < -0.3 is 9.88 Å². The molecule has 1 saturated carbocycles. The molecule has 1 aliphatic carbocycles. The van der Waals surface area contributed by atoms with Crippen molar-refractivity contribution in [1.82, 2.24) is 14.9 Å². The van der Waals surface area contributed by atoms with Gasteiger partial charge in [-0.1, -0.05) is 20.3 Å². The van der Waals surface area contributed by atoms with Gasteiger partial charge in [-0.25, -0.2) is 4.98 Å². The van der Waals surface area contributed by atoms with E-state index in [4.69, 9.17) is 0 Å². The maximum absolute atomic E-state index is 4.59. The summed E-state index contributed by atoms with van der Waals surface area (Å²) in [5.41, 5.74) is 0. The van der Waals surface area contributed by atoms with E-state index in [-0.39, 0.29) is 0 Å². The molecule has 1 aliphatic rings. The highest BCUT2D eigenvalue weighted by molar-refractivity contribution is 4.96. The summed E-state index contributed by atoms with van der Waals surface area (Å²) in [6, 6.07) is 0. The van der Waals surface area contributed by atoms with Gasteiger partial charge in [0.15, 0.2) is 0 Å². The van der Waals surface area contributed by atoms with Crippen molar-refractivity contribution in [2.45, 2.75) is 52.5 Å². The lowest BCUT2D eigenvalue weighted by Crippen LogP contribution is -2.33. The first-order valence-corrected chi connectivity index (χ1v) is 7.89. The summed E-state index contributed by atoms with van der Waals surface area (Å²) in [6.07, 6.45) is 10.6. The molecule has 0 radical (unpaired) electrons. The first kappa shape index (κ1) is 14.6. The largest absolute Gasteiger partial charge is 0.335 e. The van der Waals surface area contributed by atoms with Gasteiger partial charge in [0.25, 0.3) is 0 Å². The van der Waals surface area contributed by atoms with E-state index >= 15 is 0 Å². The Hall–Kier alpha value is -0.830. The summed E-state index contributed by atoms with van der Waals surface area (Å²) in [6.45, 7) is 6.90. The molecule has 1 aromatic rings. The second-order valence-electron chi connectivity index (χ2n) is 6.24. The zero-order chi connectivity index (χ0) is 13.7. The number of aromatic nitrogens is 2. The minimum absolute atomic E-state index is 0.800. The molecular weight excluding hydrogens is 234 g/mol.